The summed E-state index contributed by atoms with van der Waals surface area (Å²) in [6, 6.07) is 14.0. The Morgan fingerprint density at radius 2 is 1.89 bits per heavy atom. The van der Waals surface area contributed by atoms with Crippen LogP contribution in [0, 0.1) is 6.92 Å². The average molecular weight is 513 g/mol. The van der Waals surface area contributed by atoms with E-state index >= 15 is 0 Å². The molecule has 1 aliphatic heterocycles. The van der Waals surface area contributed by atoms with Crippen molar-refractivity contribution in [2.24, 2.45) is 5.10 Å². The highest BCUT2D eigenvalue weighted by molar-refractivity contribution is 7.93. The van der Waals surface area contributed by atoms with Crippen LogP contribution in [0.4, 0.5) is 5.69 Å². The number of benzene rings is 2. The largest absolute Gasteiger partial charge is 0.497 e. The lowest BCUT2D eigenvalue weighted by atomic mass is 10.1. The molecule has 0 saturated carbocycles. The minimum atomic E-state index is -3.68. The van der Waals surface area contributed by atoms with Gasteiger partial charge in [-0.15, -0.1) is 0 Å². The second kappa shape index (κ2) is 11.0. The van der Waals surface area contributed by atoms with Crippen LogP contribution in [0.5, 0.6) is 5.75 Å². The number of hydrazone groups is 1. The minimum absolute atomic E-state index is 0.107. The maximum atomic E-state index is 12.9. The number of methoxy groups -OCH3 is 1. The minimum Gasteiger partial charge on any atom is -0.497 e. The van der Waals surface area contributed by atoms with Crippen molar-refractivity contribution >= 4 is 34.2 Å². The van der Waals surface area contributed by atoms with Crippen molar-refractivity contribution in [2.45, 2.75) is 18.4 Å². The van der Waals surface area contributed by atoms with Gasteiger partial charge in [-0.05, 0) is 30.7 Å². The zero-order valence-electron chi connectivity index (χ0n) is 20.7. The number of hydrogen-bond donors (Lipinski definition) is 1. The van der Waals surface area contributed by atoms with Crippen LogP contribution in [0.25, 0.3) is 11.3 Å². The number of carbonyl (C=O) groups excluding carboxylic acids is 2. The number of anilines is 1. The molecule has 0 fully saturated rings. The Morgan fingerprint density at radius 1 is 1.19 bits per heavy atom. The van der Waals surface area contributed by atoms with Crippen LogP contribution < -0.4 is 14.5 Å². The molecule has 0 unspecified atom stereocenters. The summed E-state index contributed by atoms with van der Waals surface area (Å²) in [7, 11) is 2.76. The van der Waals surface area contributed by atoms with Crippen molar-refractivity contribution in [2.75, 3.05) is 32.6 Å². The fourth-order valence-electron chi connectivity index (χ4n) is 3.48. The Bertz CT molecular complexity index is 1400. The van der Waals surface area contributed by atoms with Crippen LogP contribution in [-0.4, -0.2) is 69.9 Å². The van der Waals surface area contributed by atoms with Crippen LogP contribution in [0.1, 0.15) is 11.3 Å². The normalized spacial score (nSPS) is 13.2. The van der Waals surface area contributed by atoms with E-state index in [4.69, 9.17) is 4.74 Å². The monoisotopic (exact) mass is 512 g/mol. The second-order valence-corrected chi connectivity index (χ2v) is 9.99. The summed E-state index contributed by atoms with van der Waals surface area (Å²) in [6.45, 7) is 1.63. The maximum Gasteiger partial charge on any atom is 0.264 e. The van der Waals surface area contributed by atoms with Gasteiger partial charge in [-0.1, -0.05) is 30.3 Å². The number of fused-ring (bicyclic) bond motifs is 3. The fraction of sp³-hybridized carbons (Fsp3) is 0.250. The van der Waals surface area contributed by atoms with Gasteiger partial charge in [0.15, 0.2) is 0 Å². The molecule has 3 aromatic rings. The number of nitrogens with zero attached hydrogens (tertiary/aromatic N) is 5. The van der Waals surface area contributed by atoms with Gasteiger partial charge in [0.05, 0.1) is 23.9 Å². The molecule has 11 nitrogen and oxygen atoms in total. The van der Waals surface area contributed by atoms with Crippen molar-refractivity contribution in [1.82, 2.24) is 20.1 Å². The third kappa shape index (κ3) is 5.54. The maximum absolute atomic E-state index is 12.9. The van der Waals surface area contributed by atoms with Gasteiger partial charge >= 0.3 is 0 Å². The fourth-order valence-corrected chi connectivity index (χ4v) is 4.92. The molecule has 2 heterocycles. The van der Waals surface area contributed by atoms with Crippen molar-refractivity contribution in [1.29, 1.82) is 0 Å². The summed E-state index contributed by atoms with van der Waals surface area (Å²) in [5.74, 6) is 0.299. The summed E-state index contributed by atoms with van der Waals surface area (Å²) < 4.78 is 33.6. The number of nitrogens with one attached hydrogen (secondary N) is 1. The highest BCUT2D eigenvalue weighted by Crippen LogP contribution is 2.43. The lowest BCUT2D eigenvalue weighted by Crippen LogP contribution is -2.30. The first kappa shape index (κ1) is 26.4. The van der Waals surface area contributed by atoms with Gasteiger partial charge in [-0.2, -0.15) is 10.2 Å². The van der Waals surface area contributed by atoms with Crippen molar-refractivity contribution in [3.8, 4) is 17.0 Å². The Kier molecular flexibility index (Phi) is 8.10. The molecule has 0 atom stereocenters. The third-order valence-electron chi connectivity index (χ3n) is 5.27. The molecule has 0 radical (unpaired) electrons. The molecular weight excluding hydrogens is 484 g/mol. The van der Waals surface area contributed by atoms with Crippen LogP contribution >= 0.6 is 0 Å². The van der Waals surface area contributed by atoms with E-state index in [1.165, 1.54) is 27.1 Å². The van der Waals surface area contributed by atoms with E-state index in [9.17, 15) is 18.0 Å². The molecule has 2 amide bonds. The summed E-state index contributed by atoms with van der Waals surface area (Å²) >= 11 is 0. The van der Waals surface area contributed by atoms with Crippen LogP contribution in [0.2, 0.25) is 0 Å². The molecule has 190 valence electrons. The molecule has 1 N–H and O–H groups in total. The van der Waals surface area contributed by atoms with Gasteiger partial charge in [0.2, 0.25) is 6.41 Å². The first-order chi connectivity index (χ1) is 17.1. The quantitative estimate of drug-likeness (QED) is 0.305. The zero-order chi connectivity index (χ0) is 26.5. The topological polar surface area (TPSA) is 126 Å². The molecule has 1 aliphatic rings. The van der Waals surface area contributed by atoms with Crippen molar-refractivity contribution in [3.63, 3.8) is 0 Å². The van der Waals surface area contributed by atoms with Gasteiger partial charge in [0.1, 0.15) is 23.7 Å². The molecule has 4 rings (SSSR count). The van der Waals surface area contributed by atoms with E-state index in [0.29, 0.717) is 28.4 Å². The predicted molar refractivity (Wildman–Crippen MR) is 136 cm³/mol. The molecule has 0 saturated heterocycles. The van der Waals surface area contributed by atoms with Crippen molar-refractivity contribution < 1.29 is 22.7 Å². The first-order valence-electron chi connectivity index (χ1n) is 10.8. The van der Waals surface area contributed by atoms with Crippen LogP contribution in [0.3, 0.4) is 0 Å². The smallest absolute Gasteiger partial charge is 0.264 e. The van der Waals surface area contributed by atoms with Gasteiger partial charge in [-0.25, -0.2) is 13.8 Å². The van der Waals surface area contributed by atoms with E-state index in [0.717, 1.165) is 12.0 Å². The van der Waals surface area contributed by atoms with Gasteiger partial charge in [-0.3, -0.25) is 18.6 Å². The average Bonchev–Trinajstić information content (AvgIpc) is 3.19. The molecule has 36 heavy (non-hydrogen) atoms. The van der Waals surface area contributed by atoms with E-state index in [-0.39, 0.29) is 17.3 Å². The number of carbonyl (C=O) groups is 2. The van der Waals surface area contributed by atoms with E-state index < -0.39 is 10.0 Å². The lowest BCUT2D eigenvalue weighted by molar-refractivity contribution is -0.121. The SMILES string of the molecule is CN(C)C=O.COc1cccc(/C=N/NC(=O)Cn2nc3c(c2C)N(C)S(=O)(=O)c2ccccc2-3)c1. The van der Waals surface area contributed by atoms with Crippen molar-refractivity contribution in [3.05, 3.63) is 59.8 Å². The third-order valence-corrected chi connectivity index (χ3v) is 7.09. The number of sulfonamides is 1. The molecule has 12 heteroatoms. The van der Waals surface area contributed by atoms with Gasteiger partial charge in [0, 0.05) is 26.7 Å². The number of hydrogen-bond acceptors (Lipinski definition) is 7. The molecule has 0 aliphatic carbocycles. The summed E-state index contributed by atoms with van der Waals surface area (Å²) in [4.78, 5) is 23.5. The zero-order valence-corrected chi connectivity index (χ0v) is 21.5. The molecule has 0 bridgehead atoms. The Balaban J connectivity index is 0.000000658. The molecule has 2 aromatic carbocycles. The second-order valence-electron chi connectivity index (χ2n) is 8.05. The Morgan fingerprint density at radius 3 is 2.56 bits per heavy atom. The Hall–Kier alpha value is -4.19. The Labute approximate surface area is 210 Å². The van der Waals surface area contributed by atoms with E-state index in [2.05, 4.69) is 15.6 Å². The lowest BCUT2D eigenvalue weighted by Gasteiger charge is -2.26. The number of rotatable bonds is 6. The predicted octanol–water partition coefficient (Wildman–Crippen LogP) is 1.86. The highest BCUT2D eigenvalue weighted by atomic mass is 32.2. The van der Waals surface area contributed by atoms with Gasteiger partial charge < -0.3 is 9.64 Å². The van der Waals surface area contributed by atoms with Crippen LogP contribution in [-0.2, 0) is 26.2 Å². The first-order valence-corrected chi connectivity index (χ1v) is 12.3. The summed E-state index contributed by atoms with van der Waals surface area (Å²) in [5.41, 5.74) is 5.32. The molecule has 0 spiro atoms. The number of aromatic nitrogens is 2. The van der Waals surface area contributed by atoms with E-state index in [1.54, 1.807) is 58.5 Å². The highest BCUT2D eigenvalue weighted by Gasteiger charge is 2.36. The number of ether oxygens (including phenoxy) is 1. The number of amides is 2. The van der Waals surface area contributed by atoms with Gasteiger partial charge in [0.25, 0.3) is 15.9 Å². The standard InChI is InChI=1S/C21H21N5O4S.C3H7NO/c1-14-21-20(17-9-4-5-10-18(17)31(28,29)25(21)2)24-26(14)13-19(27)23-22-12-15-7-6-8-16(11-15)30-3;1-4(2)3-5/h4-12H,13H2,1-3H3,(H,23,27);3H,1-2H3/b22-12+;. The molecular formula is C24H28N6O5S. The summed E-state index contributed by atoms with van der Waals surface area (Å²) in [6.07, 6.45) is 2.26. The van der Waals surface area contributed by atoms with Crippen LogP contribution in [0.15, 0.2) is 58.5 Å². The molecule has 1 aromatic heterocycles. The summed E-state index contributed by atoms with van der Waals surface area (Å²) in [5, 5.41) is 8.49. The van der Waals surface area contributed by atoms with E-state index in [1.807, 2.05) is 18.2 Å².